The fourth-order valence-corrected chi connectivity index (χ4v) is 1.99. The first kappa shape index (κ1) is 12.2. The Labute approximate surface area is 115 Å². The number of carboxylic acids is 1. The van der Waals surface area contributed by atoms with Crippen LogP contribution in [0.5, 0.6) is 0 Å². The average molecular weight is 265 g/mol. The number of fused-ring (bicyclic) bond motifs is 1. The third kappa shape index (κ3) is 2.31. The maximum atomic E-state index is 10.9. The van der Waals surface area contributed by atoms with E-state index in [9.17, 15) is 4.79 Å². The van der Waals surface area contributed by atoms with Crippen molar-refractivity contribution in [3.8, 4) is 0 Å². The van der Waals surface area contributed by atoms with Crippen molar-refractivity contribution in [1.82, 2.24) is 0 Å². The van der Waals surface area contributed by atoms with Crippen molar-refractivity contribution >= 4 is 23.3 Å². The normalized spacial score (nSPS) is 15.2. The van der Waals surface area contributed by atoms with Crippen molar-refractivity contribution < 1.29 is 14.6 Å². The van der Waals surface area contributed by atoms with Gasteiger partial charge in [0.15, 0.2) is 0 Å². The van der Waals surface area contributed by atoms with Gasteiger partial charge in [0.25, 0.3) is 0 Å². The van der Waals surface area contributed by atoms with Crippen LogP contribution >= 0.6 is 0 Å². The molecule has 2 aromatic carbocycles. The minimum atomic E-state index is -1.05. The lowest BCUT2D eigenvalue weighted by atomic mass is 10.1. The molecule has 98 valence electrons. The molecule has 1 heterocycles. The summed E-state index contributed by atoms with van der Waals surface area (Å²) < 4.78 is 5.64. The van der Waals surface area contributed by atoms with Gasteiger partial charge in [-0.2, -0.15) is 0 Å². The molecule has 0 fully saturated rings. The maximum absolute atomic E-state index is 10.9. The van der Waals surface area contributed by atoms with Gasteiger partial charge in [-0.15, -0.1) is 0 Å². The number of aliphatic imine (C=N–C) groups is 1. The van der Waals surface area contributed by atoms with E-state index >= 15 is 0 Å². The van der Waals surface area contributed by atoms with Gasteiger partial charge in [-0.05, 0) is 24.3 Å². The van der Waals surface area contributed by atoms with E-state index in [1.807, 2.05) is 48.5 Å². The number of carbonyl (C=O) groups is 1. The van der Waals surface area contributed by atoms with Gasteiger partial charge in [0.1, 0.15) is 5.76 Å². The Balaban J connectivity index is 2.13. The third-order valence-corrected chi connectivity index (χ3v) is 2.87. The van der Waals surface area contributed by atoms with Gasteiger partial charge in [-0.1, -0.05) is 30.3 Å². The Hall–Kier alpha value is -2.88. The number of ether oxygens (including phenoxy) is 1. The number of benzene rings is 2. The van der Waals surface area contributed by atoms with Crippen molar-refractivity contribution in [2.24, 2.45) is 4.99 Å². The fraction of sp³-hybridized carbons (Fsp3) is 0. The zero-order valence-electron chi connectivity index (χ0n) is 10.5. The number of hydrogen-bond acceptors (Lipinski definition) is 3. The summed E-state index contributed by atoms with van der Waals surface area (Å²) in [5.41, 5.74) is 2.18. The second kappa shape index (κ2) is 5.01. The maximum Gasteiger partial charge on any atom is 0.332 e. The number of rotatable bonds is 2. The van der Waals surface area contributed by atoms with Crippen LogP contribution < -0.4 is 0 Å². The molecule has 3 rings (SSSR count). The van der Waals surface area contributed by atoms with Crippen LogP contribution in [0.4, 0.5) is 5.69 Å². The van der Waals surface area contributed by atoms with E-state index in [0.29, 0.717) is 22.9 Å². The molecule has 1 aliphatic heterocycles. The van der Waals surface area contributed by atoms with E-state index in [1.165, 1.54) is 0 Å². The SMILES string of the molecule is O=C(O)C=C1OC(c2ccccc2)=Nc2ccccc21. The molecule has 0 atom stereocenters. The number of carboxylic acid groups (broad SMARTS) is 1. The minimum absolute atomic E-state index is 0.293. The molecule has 2 aromatic rings. The van der Waals surface area contributed by atoms with E-state index in [1.54, 1.807) is 6.07 Å². The fourth-order valence-electron chi connectivity index (χ4n) is 1.99. The molecule has 0 bridgehead atoms. The number of aliphatic carboxylic acids is 1. The summed E-state index contributed by atoms with van der Waals surface area (Å²) in [6, 6.07) is 16.7. The van der Waals surface area contributed by atoms with Gasteiger partial charge in [0.2, 0.25) is 5.90 Å². The van der Waals surface area contributed by atoms with Gasteiger partial charge in [0, 0.05) is 11.1 Å². The molecule has 0 aromatic heterocycles. The van der Waals surface area contributed by atoms with Crippen LogP contribution in [0.1, 0.15) is 11.1 Å². The predicted octanol–water partition coefficient (Wildman–Crippen LogP) is 3.22. The van der Waals surface area contributed by atoms with Crippen LogP contribution in [-0.4, -0.2) is 17.0 Å². The highest BCUT2D eigenvalue weighted by atomic mass is 16.5. The Bertz CT molecular complexity index is 718. The first-order valence-corrected chi connectivity index (χ1v) is 6.10. The van der Waals surface area contributed by atoms with E-state index in [-0.39, 0.29) is 0 Å². The van der Waals surface area contributed by atoms with Crippen LogP contribution in [-0.2, 0) is 9.53 Å². The summed E-state index contributed by atoms with van der Waals surface area (Å²) >= 11 is 0. The van der Waals surface area contributed by atoms with Crippen molar-refractivity contribution in [1.29, 1.82) is 0 Å². The van der Waals surface area contributed by atoms with Crippen molar-refractivity contribution in [2.45, 2.75) is 0 Å². The third-order valence-electron chi connectivity index (χ3n) is 2.87. The van der Waals surface area contributed by atoms with E-state index in [2.05, 4.69) is 4.99 Å². The van der Waals surface area contributed by atoms with Crippen LogP contribution in [0.25, 0.3) is 5.76 Å². The highest BCUT2D eigenvalue weighted by Crippen LogP contribution is 2.33. The standard InChI is InChI=1S/C16H11NO3/c18-15(19)10-14-12-8-4-5-9-13(12)17-16(20-14)11-6-2-1-3-7-11/h1-10H,(H,18,19). The Morgan fingerprint density at radius 3 is 2.50 bits per heavy atom. The molecule has 0 spiro atoms. The van der Waals surface area contributed by atoms with Crippen LogP contribution in [0.15, 0.2) is 65.7 Å². The van der Waals surface area contributed by atoms with Crippen molar-refractivity contribution in [3.63, 3.8) is 0 Å². The summed E-state index contributed by atoms with van der Waals surface area (Å²) in [6.07, 6.45) is 1.05. The molecule has 1 aliphatic rings. The quantitative estimate of drug-likeness (QED) is 0.848. The molecule has 1 N–H and O–H groups in total. The molecular formula is C16H11NO3. The molecule has 20 heavy (non-hydrogen) atoms. The molecule has 0 unspecified atom stereocenters. The van der Waals surface area contributed by atoms with Crippen LogP contribution in [0.3, 0.4) is 0 Å². The molecule has 0 saturated heterocycles. The number of hydrogen-bond donors (Lipinski definition) is 1. The summed E-state index contributed by atoms with van der Waals surface area (Å²) in [5.74, 6) is -0.358. The predicted molar refractivity (Wildman–Crippen MR) is 75.8 cm³/mol. The molecule has 0 aliphatic carbocycles. The number of nitrogens with zero attached hydrogens (tertiary/aromatic N) is 1. The molecule has 0 saturated carbocycles. The van der Waals surface area contributed by atoms with E-state index in [4.69, 9.17) is 9.84 Å². The topological polar surface area (TPSA) is 58.9 Å². The zero-order chi connectivity index (χ0) is 13.9. The summed E-state index contributed by atoms with van der Waals surface area (Å²) in [6.45, 7) is 0. The van der Waals surface area contributed by atoms with Gasteiger partial charge in [-0.25, -0.2) is 9.79 Å². The first-order valence-electron chi connectivity index (χ1n) is 6.10. The summed E-state index contributed by atoms with van der Waals surface area (Å²) in [7, 11) is 0. The smallest absolute Gasteiger partial charge is 0.332 e. The Morgan fingerprint density at radius 1 is 1.05 bits per heavy atom. The largest absolute Gasteiger partial charge is 0.478 e. The summed E-state index contributed by atoms with van der Waals surface area (Å²) in [5, 5.41) is 8.95. The second-order valence-corrected chi connectivity index (χ2v) is 4.25. The lowest BCUT2D eigenvalue weighted by Gasteiger charge is -2.19. The Kier molecular flexibility index (Phi) is 3.05. The highest BCUT2D eigenvalue weighted by molar-refractivity contribution is 6.04. The highest BCUT2D eigenvalue weighted by Gasteiger charge is 2.20. The first-order chi connectivity index (χ1) is 9.74. The monoisotopic (exact) mass is 265 g/mol. The zero-order valence-corrected chi connectivity index (χ0v) is 10.5. The Morgan fingerprint density at radius 2 is 1.75 bits per heavy atom. The van der Waals surface area contributed by atoms with Crippen molar-refractivity contribution in [3.05, 3.63) is 71.8 Å². The van der Waals surface area contributed by atoms with E-state index in [0.717, 1.165) is 11.6 Å². The average Bonchev–Trinajstić information content (AvgIpc) is 2.47. The van der Waals surface area contributed by atoms with Crippen LogP contribution in [0, 0.1) is 0 Å². The second-order valence-electron chi connectivity index (χ2n) is 4.25. The molecule has 0 radical (unpaired) electrons. The lowest BCUT2D eigenvalue weighted by molar-refractivity contribution is -0.131. The van der Waals surface area contributed by atoms with E-state index < -0.39 is 5.97 Å². The molecule has 0 amide bonds. The van der Waals surface area contributed by atoms with Gasteiger partial charge in [-0.3, -0.25) is 0 Å². The summed E-state index contributed by atoms with van der Waals surface area (Å²) in [4.78, 5) is 15.4. The molecule has 4 heteroatoms. The molecular weight excluding hydrogens is 254 g/mol. The minimum Gasteiger partial charge on any atom is -0.478 e. The van der Waals surface area contributed by atoms with Crippen LogP contribution in [0.2, 0.25) is 0 Å². The molecule has 4 nitrogen and oxygen atoms in total. The van der Waals surface area contributed by atoms with Gasteiger partial charge >= 0.3 is 5.97 Å². The lowest BCUT2D eigenvalue weighted by Crippen LogP contribution is -2.11. The van der Waals surface area contributed by atoms with Gasteiger partial charge < -0.3 is 9.84 Å². The number of para-hydroxylation sites is 1. The van der Waals surface area contributed by atoms with Crippen molar-refractivity contribution in [2.75, 3.05) is 0 Å². The van der Waals surface area contributed by atoms with Gasteiger partial charge in [0.05, 0.1) is 11.8 Å².